The van der Waals surface area contributed by atoms with Crippen molar-refractivity contribution in [1.82, 2.24) is 10.6 Å². The number of benzene rings is 3. The molecule has 8 nitrogen and oxygen atoms in total. The Bertz CT molecular complexity index is 1210. The number of ether oxygens (including phenoxy) is 1. The second-order valence-corrected chi connectivity index (χ2v) is 9.12. The zero-order chi connectivity index (χ0) is 26.0. The number of urea groups is 1. The predicted octanol–water partition coefficient (Wildman–Crippen LogP) is 5.34. The van der Waals surface area contributed by atoms with Crippen LogP contribution in [0.25, 0.3) is 11.1 Å². The van der Waals surface area contributed by atoms with Gasteiger partial charge in [-0.25, -0.2) is 14.4 Å². The van der Waals surface area contributed by atoms with Gasteiger partial charge in [0.05, 0.1) is 0 Å². The van der Waals surface area contributed by atoms with Crippen molar-refractivity contribution in [2.45, 2.75) is 50.8 Å². The standard InChI is InChI=1S/C29H31N3O5/c33-27(34)26(32-29(36)37-25-11-4-5-12-25)17-20-13-15-22(16-14-20)23-9-6-10-24(18-23)31-28(35)30-19-21-7-2-1-3-8-21/h1-3,6-10,13-16,18,25-26H,4-5,11-12,17,19H2,(H,32,36)(H,33,34)(H2,30,31,35)/t26-/m0/s1. The molecule has 1 aliphatic rings. The van der Waals surface area contributed by atoms with Crippen molar-refractivity contribution in [2.24, 2.45) is 0 Å². The first-order valence-electron chi connectivity index (χ1n) is 12.4. The third-order valence-electron chi connectivity index (χ3n) is 6.31. The van der Waals surface area contributed by atoms with Crippen LogP contribution in [0.2, 0.25) is 0 Å². The van der Waals surface area contributed by atoms with E-state index in [1.807, 2.05) is 78.9 Å². The summed E-state index contributed by atoms with van der Waals surface area (Å²) >= 11 is 0. The molecular weight excluding hydrogens is 470 g/mol. The monoisotopic (exact) mass is 501 g/mol. The molecule has 0 aliphatic heterocycles. The Morgan fingerprint density at radius 2 is 1.59 bits per heavy atom. The first-order valence-corrected chi connectivity index (χ1v) is 12.4. The molecule has 3 aromatic carbocycles. The van der Waals surface area contributed by atoms with Gasteiger partial charge in [0.2, 0.25) is 0 Å². The summed E-state index contributed by atoms with van der Waals surface area (Å²) in [6.07, 6.45) is 3.00. The van der Waals surface area contributed by atoms with Crippen LogP contribution in [-0.2, 0) is 22.5 Å². The summed E-state index contributed by atoms with van der Waals surface area (Å²) < 4.78 is 5.34. The minimum atomic E-state index is -1.11. The van der Waals surface area contributed by atoms with Gasteiger partial charge in [-0.3, -0.25) is 0 Å². The molecule has 1 fully saturated rings. The van der Waals surface area contributed by atoms with E-state index in [-0.39, 0.29) is 18.6 Å². The summed E-state index contributed by atoms with van der Waals surface area (Å²) in [5, 5.41) is 17.7. The molecule has 3 aromatic rings. The summed E-state index contributed by atoms with van der Waals surface area (Å²) in [5.74, 6) is -1.11. The second-order valence-electron chi connectivity index (χ2n) is 9.12. The first-order chi connectivity index (χ1) is 18.0. The Kier molecular flexibility index (Phi) is 8.75. The van der Waals surface area contributed by atoms with E-state index in [9.17, 15) is 19.5 Å². The molecule has 0 aromatic heterocycles. The molecule has 37 heavy (non-hydrogen) atoms. The number of aliphatic carboxylic acids is 1. The fraction of sp³-hybridized carbons (Fsp3) is 0.276. The van der Waals surface area contributed by atoms with Crippen LogP contribution in [0, 0.1) is 0 Å². The largest absolute Gasteiger partial charge is 0.480 e. The lowest BCUT2D eigenvalue weighted by molar-refractivity contribution is -0.139. The Balaban J connectivity index is 1.32. The highest BCUT2D eigenvalue weighted by molar-refractivity contribution is 5.90. The summed E-state index contributed by atoms with van der Waals surface area (Å²) in [4.78, 5) is 36.1. The van der Waals surface area contributed by atoms with Gasteiger partial charge in [-0.1, -0.05) is 66.7 Å². The van der Waals surface area contributed by atoms with E-state index < -0.39 is 18.1 Å². The number of carboxylic acids is 1. The summed E-state index contributed by atoms with van der Waals surface area (Å²) in [5.41, 5.74) is 4.26. The maximum Gasteiger partial charge on any atom is 0.408 e. The van der Waals surface area contributed by atoms with Crippen molar-refractivity contribution in [3.63, 3.8) is 0 Å². The number of carbonyl (C=O) groups is 3. The number of hydrogen-bond acceptors (Lipinski definition) is 4. The molecular formula is C29H31N3O5. The number of nitrogens with one attached hydrogen (secondary N) is 3. The van der Waals surface area contributed by atoms with Crippen molar-refractivity contribution in [1.29, 1.82) is 0 Å². The molecule has 0 spiro atoms. The van der Waals surface area contributed by atoms with Gasteiger partial charge >= 0.3 is 18.1 Å². The van der Waals surface area contributed by atoms with Gasteiger partial charge in [0.25, 0.3) is 0 Å². The Hall–Kier alpha value is -4.33. The van der Waals surface area contributed by atoms with Crippen LogP contribution in [0.4, 0.5) is 15.3 Å². The Morgan fingerprint density at radius 1 is 0.865 bits per heavy atom. The quantitative estimate of drug-likeness (QED) is 0.316. The third kappa shape index (κ3) is 7.83. The van der Waals surface area contributed by atoms with Gasteiger partial charge in [0.1, 0.15) is 12.1 Å². The van der Waals surface area contributed by atoms with E-state index in [1.165, 1.54) is 0 Å². The van der Waals surface area contributed by atoms with Crippen LogP contribution in [0.5, 0.6) is 0 Å². The van der Waals surface area contributed by atoms with Crippen molar-refractivity contribution >= 4 is 23.8 Å². The van der Waals surface area contributed by atoms with Crippen molar-refractivity contribution in [2.75, 3.05) is 5.32 Å². The normalized spacial score (nSPS) is 13.9. The van der Waals surface area contributed by atoms with Gasteiger partial charge in [0, 0.05) is 18.7 Å². The molecule has 4 N–H and O–H groups in total. The number of anilines is 1. The van der Waals surface area contributed by atoms with Crippen LogP contribution in [0.15, 0.2) is 78.9 Å². The number of carboxylic acid groups (broad SMARTS) is 1. The minimum absolute atomic E-state index is 0.131. The van der Waals surface area contributed by atoms with E-state index >= 15 is 0 Å². The number of carbonyl (C=O) groups excluding carboxylic acids is 2. The number of rotatable bonds is 9. The topological polar surface area (TPSA) is 117 Å². The lowest BCUT2D eigenvalue weighted by atomic mass is 10.0. The van der Waals surface area contributed by atoms with Gasteiger partial charge in [-0.2, -0.15) is 0 Å². The van der Waals surface area contributed by atoms with E-state index in [2.05, 4.69) is 16.0 Å². The number of amides is 3. The molecule has 1 aliphatic carbocycles. The van der Waals surface area contributed by atoms with Gasteiger partial charge in [-0.15, -0.1) is 0 Å². The lowest BCUT2D eigenvalue weighted by Crippen LogP contribution is -2.43. The second kappa shape index (κ2) is 12.6. The van der Waals surface area contributed by atoms with Gasteiger partial charge in [-0.05, 0) is 60.1 Å². The molecule has 192 valence electrons. The molecule has 0 radical (unpaired) electrons. The molecule has 3 amide bonds. The Morgan fingerprint density at radius 3 is 2.30 bits per heavy atom. The predicted molar refractivity (Wildman–Crippen MR) is 141 cm³/mol. The molecule has 1 atom stereocenters. The van der Waals surface area contributed by atoms with Gasteiger partial charge < -0.3 is 25.8 Å². The van der Waals surface area contributed by atoms with Crippen LogP contribution in [-0.4, -0.2) is 35.3 Å². The third-order valence-corrected chi connectivity index (χ3v) is 6.31. The molecule has 0 heterocycles. The van der Waals surface area contributed by atoms with Crippen molar-refractivity contribution in [3.05, 3.63) is 90.0 Å². The average Bonchev–Trinajstić information content (AvgIpc) is 3.41. The van der Waals surface area contributed by atoms with E-state index in [4.69, 9.17) is 4.74 Å². The zero-order valence-electron chi connectivity index (χ0n) is 20.5. The molecule has 0 unspecified atom stereocenters. The van der Waals surface area contributed by atoms with Crippen LogP contribution in [0.3, 0.4) is 0 Å². The maximum atomic E-state index is 12.3. The summed E-state index contributed by atoms with van der Waals surface area (Å²) in [6.45, 7) is 0.429. The van der Waals surface area contributed by atoms with Crippen LogP contribution in [0.1, 0.15) is 36.8 Å². The molecule has 4 rings (SSSR count). The fourth-order valence-electron chi connectivity index (χ4n) is 4.33. The highest BCUT2D eigenvalue weighted by atomic mass is 16.6. The van der Waals surface area contributed by atoms with Crippen molar-refractivity contribution in [3.8, 4) is 11.1 Å². The van der Waals surface area contributed by atoms with E-state index in [0.29, 0.717) is 12.2 Å². The molecule has 1 saturated carbocycles. The van der Waals surface area contributed by atoms with E-state index in [1.54, 1.807) is 0 Å². The maximum absolute atomic E-state index is 12.3. The molecule has 0 bridgehead atoms. The molecule has 8 heteroatoms. The zero-order valence-corrected chi connectivity index (χ0v) is 20.5. The highest BCUT2D eigenvalue weighted by Crippen LogP contribution is 2.24. The van der Waals surface area contributed by atoms with Crippen molar-refractivity contribution < 1.29 is 24.2 Å². The highest BCUT2D eigenvalue weighted by Gasteiger charge is 2.24. The number of hydrogen-bond donors (Lipinski definition) is 4. The number of alkyl carbamates (subject to hydrolysis) is 1. The van der Waals surface area contributed by atoms with Gasteiger partial charge in [0.15, 0.2) is 0 Å². The SMILES string of the molecule is O=C(NCc1ccccc1)Nc1cccc(-c2ccc(C[C@H](NC(=O)OC3CCCC3)C(=O)O)cc2)c1. The Labute approximate surface area is 216 Å². The first kappa shape index (κ1) is 25.8. The van der Waals surface area contributed by atoms with E-state index in [0.717, 1.165) is 47.9 Å². The lowest BCUT2D eigenvalue weighted by Gasteiger charge is -2.17. The fourth-order valence-corrected chi connectivity index (χ4v) is 4.33. The summed E-state index contributed by atoms with van der Waals surface area (Å²) in [7, 11) is 0. The van der Waals surface area contributed by atoms with Crippen LogP contribution >= 0.6 is 0 Å². The minimum Gasteiger partial charge on any atom is -0.480 e. The summed E-state index contributed by atoms with van der Waals surface area (Å²) in [6, 6.07) is 23.2. The smallest absolute Gasteiger partial charge is 0.408 e. The van der Waals surface area contributed by atoms with Crippen LogP contribution < -0.4 is 16.0 Å². The molecule has 0 saturated heterocycles. The average molecular weight is 502 g/mol.